The highest BCUT2D eigenvalue weighted by molar-refractivity contribution is 7.22. The molecule has 1 fully saturated rings. The van der Waals surface area contributed by atoms with Gasteiger partial charge >= 0.3 is 0 Å². The number of thiazole rings is 1. The van der Waals surface area contributed by atoms with Gasteiger partial charge in [0.05, 0.1) is 23.2 Å². The predicted octanol–water partition coefficient (Wildman–Crippen LogP) is 4.11. The molecule has 0 saturated carbocycles. The first-order valence-electron chi connectivity index (χ1n) is 10.3. The average molecular weight is 408 g/mol. The number of hydrogen-bond donors (Lipinski definition) is 0. The molecule has 1 amide bonds. The van der Waals surface area contributed by atoms with Gasteiger partial charge < -0.3 is 14.5 Å². The van der Waals surface area contributed by atoms with E-state index in [1.54, 1.807) is 18.4 Å². The van der Waals surface area contributed by atoms with Crippen molar-refractivity contribution in [2.75, 3.05) is 31.6 Å². The summed E-state index contributed by atoms with van der Waals surface area (Å²) in [6.07, 6.45) is 2.90. The second kappa shape index (κ2) is 7.67. The molecule has 1 aromatic heterocycles. The quantitative estimate of drug-likeness (QED) is 0.656. The van der Waals surface area contributed by atoms with Crippen LogP contribution in [0.2, 0.25) is 0 Å². The number of methoxy groups -OCH3 is 1. The minimum atomic E-state index is 0.0514. The van der Waals surface area contributed by atoms with Gasteiger partial charge in [-0.2, -0.15) is 0 Å². The second-order valence-corrected chi connectivity index (χ2v) is 8.90. The highest BCUT2D eigenvalue weighted by atomic mass is 32.1. The molecule has 2 aliphatic heterocycles. The maximum atomic E-state index is 13.3. The number of amides is 1. The second-order valence-electron chi connectivity index (χ2n) is 7.89. The zero-order valence-corrected chi connectivity index (χ0v) is 17.5. The average Bonchev–Trinajstić information content (AvgIpc) is 3.22. The molecule has 6 heteroatoms. The Hall–Kier alpha value is -2.60. The maximum Gasteiger partial charge on any atom is 0.227 e. The summed E-state index contributed by atoms with van der Waals surface area (Å²) in [5.74, 6) is 1.23. The van der Waals surface area contributed by atoms with Crippen LogP contribution in [0.5, 0.6) is 5.75 Å². The Balaban J connectivity index is 1.29. The van der Waals surface area contributed by atoms with E-state index in [2.05, 4.69) is 35.2 Å². The van der Waals surface area contributed by atoms with Gasteiger partial charge in [0.15, 0.2) is 5.13 Å². The van der Waals surface area contributed by atoms with Crippen LogP contribution >= 0.6 is 11.3 Å². The van der Waals surface area contributed by atoms with Crippen LogP contribution in [0.3, 0.4) is 0 Å². The molecule has 5 rings (SSSR count). The highest BCUT2D eigenvalue weighted by Gasteiger charge is 2.32. The third kappa shape index (κ3) is 3.57. The van der Waals surface area contributed by atoms with Gasteiger partial charge in [0.25, 0.3) is 0 Å². The number of para-hydroxylation sites is 1. The van der Waals surface area contributed by atoms with Crippen molar-refractivity contribution in [1.29, 1.82) is 0 Å². The summed E-state index contributed by atoms with van der Waals surface area (Å²) in [5.41, 5.74) is 3.58. The molecule has 3 heterocycles. The summed E-state index contributed by atoms with van der Waals surface area (Å²) in [6, 6.07) is 14.4. The number of hydrogen-bond acceptors (Lipinski definition) is 5. The van der Waals surface area contributed by atoms with Crippen LogP contribution in [0.15, 0.2) is 42.5 Å². The fraction of sp³-hybridized carbons (Fsp3) is 0.391. The summed E-state index contributed by atoms with van der Waals surface area (Å²) in [6.45, 7) is 3.24. The molecule has 1 unspecified atom stereocenters. The number of piperidine rings is 1. The maximum absolute atomic E-state index is 13.3. The predicted molar refractivity (Wildman–Crippen MR) is 117 cm³/mol. The number of carbonyl (C=O) groups excluding carboxylic acids is 1. The third-order valence-corrected chi connectivity index (χ3v) is 7.16. The van der Waals surface area contributed by atoms with Gasteiger partial charge in [0, 0.05) is 26.2 Å². The van der Waals surface area contributed by atoms with Crippen molar-refractivity contribution in [2.24, 2.45) is 5.92 Å². The molecule has 29 heavy (non-hydrogen) atoms. The van der Waals surface area contributed by atoms with Crippen molar-refractivity contribution in [3.05, 3.63) is 53.6 Å². The van der Waals surface area contributed by atoms with E-state index in [0.29, 0.717) is 6.54 Å². The third-order valence-electron chi connectivity index (χ3n) is 6.06. The monoisotopic (exact) mass is 407 g/mol. The number of rotatable bonds is 3. The molecule has 1 saturated heterocycles. The Morgan fingerprint density at radius 3 is 2.93 bits per heavy atom. The van der Waals surface area contributed by atoms with Crippen LogP contribution in [0.1, 0.15) is 24.0 Å². The normalized spacial score (nSPS) is 19.3. The van der Waals surface area contributed by atoms with E-state index in [4.69, 9.17) is 9.72 Å². The van der Waals surface area contributed by atoms with Gasteiger partial charge in [-0.1, -0.05) is 29.5 Å². The van der Waals surface area contributed by atoms with E-state index in [1.807, 2.05) is 17.0 Å². The van der Waals surface area contributed by atoms with Gasteiger partial charge in [-0.25, -0.2) is 4.98 Å². The molecule has 0 aliphatic carbocycles. The Morgan fingerprint density at radius 1 is 1.17 bits per heavy atom. The van der Waals surface area contributed by atoms with Crippen LogP contribution in [0.25, 0.3) is 10.2 Å². The fourth-order valence-corrected chi connectivity index (χ4v) is 5.45. The summed E-state index contributed by atoms with van der Waals surface area (Å²) < 4.78 is 6.54. The van der Waals surface area contributed by atoms with E-state index in [-0.39, 0.29) is 11.8 Å². The largest absolute Gasteiger partial charge is 0.497 e. The van der Waals surface area contributed by atoms with Gasteiger partial charge in [0.2, 0.25) is 5.91 Å². The van der Waals surface area contributed by atoms with Crippen LogP contribution in [0, 0.1) is 5.92 Å². The summed E-state index contributed by atoms with van der Waals surface area (Å²) in [7, 11) is 1.70. The van der Waals surface area contributed by atoms with Gasteiger partial charge in [-0.15, -0.1) is 0 Å². The molecule has 0 N–H and O–H groups in total. The van der Waals surface area contributed by atoms with Crippen molar-refractivity contribution >= 4 is 32.6 Å². The minimum Gasteiger partial charge on any atom is -0.497 e. The summed E-state index contributed by atoms with van der Waals surface area (Å²) >= 11 is 1.73. The number of anilines is 1. The summed E-state index contributed by atoms with van der Waals surface area (Å²) in [4.78, 5) is 22.4. The molecular weight excluding hydrogens is 382 g/mol. The SMILES string of the molecule is COc1ccc2c(c1)CCN(C(=O)C1CCCN(c3nc4ccccc4s3)C1)C2. The highest BCUT2D eigenvalue weighted by Crippen LogP contribution is 2.32. The van der Waals surface area contributed by atoms with Gasteiger partial charge in [-0.05, 0) is 54.7 Å². The first-order chi connectivity index (χ1) is 14.2. The molecule has 0 spiro atoms. The van der Waals surface area contributed by atoms with Crippen molar-refractivity contribution in [3.8, 4) is 5.75 Å². The number of fused-ring (bicyclic) bond motifs is 2. The standard InChI is InChI=1S/C23H25N3O2S/c1-28-19-9-8-17-14-25(12-10-16(17)13-19)22(27)18-5-4-11-26(15-18)23-24-20-6-2-3-7-21(20)29-23/h2-3,6-9,13,18H,4-5,10-12,14-15H2,1H3. The van der Waals surface area contributed by atoms with E-state index >= 15 is 0 Å². The Morgan fingerprint density at radius 2 is 2.07 bits per heavy atom. The number of aromatic nitrogens is 1. The number of nitrogens with zero attached hydrogens (tertiary/aromatic N) is 3. The Kier molecular flexibility index (Phi) is 4.87. The lowest BCUT2D eigenvalue weighted by atomic mass is 9.94. The van der Waals surface area contributed by atoms with Crippen LogP contribution < -0.4 is 9.64 Å². The van der Waals surface area contributed by atoms with E-state index in [9.17, 15) is 4.79 Å². The van der Waals surface area contributed by atoms with E-state index < -0.39 is 0 Å². The number of ether oxygens (including phenoxy) is 1. The zero-order chi connectivity index (χ0) is 19.8. The van der Waals surface area contributed by atoms with E-state index in [1.165, 1.54) is 15.8 Å². The van der Waals surface area contributed by atoms with Crippen LogP contribution in [0.4, 0.5) is 5.13 Å². The van der Waals surface area contributed by atoms with Gasteiger partial charge in [0.1, 0.15) is 5.75 Å². The topological polar surface area (TPSA) is 45.7 Å². The molecule has 0 bridgehead atoms. The zero-order valence-electron chi connectivity index (χ0n) is 16.6. The molecular formula is C23H25N3O2S. The minimum absolute atomic E-state index is 0.0514. The molecule has 1 atom stereocenters. The van der Waals surface area contributed by atoms with Crippen LogP contribution in [-0.4, -0.2) is 42.5 Å². The lowest BCUT2D eigenvalue weighted by Crippen LogP contribution is -2.46. The van der Waals surface area contributed by atoms with Crippen molar-refractivity contribution < 1.29 is 9.53 Å². The molecule has 3 aromatic rings. The number of benzene rings is 2. The molecule has 5 nitrogen and oxygen atoms in total. The van der Waals surface area contributed by atoms with Crippen LogP contribution in [-0.2, 0) is 17.8 Å². The molecule has 0 radical (unpaired) electrons. The lowest BCUT2D eigenvalue weighted by molar-refractivity contribution is -0.136. The Bertz CT molecular complexity index is 1010. The molecule has 2 aliphatic rings. The summed E-state index contributed by atoms with van der Waals surface area (Å²) in [5, 5.41) is 1.04. The van der Waals surface area contributed by atoms with E-state index in [0.717, 1.165) is 55.3 Å². The molecule has 150 valence electrons. The first-order valence-corrected chi connectivity index (χ1v) is 11.1. The first kappa shape index (κ1) is 18.4. The smallest absolute Gasteiger partial charge is 0.227 e. The number of carbonyl (C=O) groups is 1. The fourth-order valence-electron chi connectivity index (χ4n) is 4.45. The van der Waals surface area contributed by atoms with Crippen molar-refractivity contribution in [1.82, 2.24) is 9.88 Å². The van der Waals surface area contributed by atoms with Crippen molar-refractivity contribution in [2.45, 2.75) is 25.8 Å². The molecule has 2 aromatic carbocycles. The van der Waals surface area contributed by atoms with Gasteiger partial charge in [-0.3, -0.25) is 4.79 Å². The lowest BCUT2D eigenvalue weighted by Gasteiger charge is -2.36. The van der Waals surface area contributed by atoms with Crippen molar-refractivity contribution in [3.63, 3.8) is 0 Å². The Labute approximate surface area is 174 Å².